The predicted molar refractivity (Wildman–Crippen MR) is 48.7 cm³/mol. The normalized spacial score (nSPS) is 26.0. The van der Waals surface area contributed by atoms with Gasteiger partial charge < -0.3 is 15.0 Å². The average molecular weight is 195 g/mol. The molecule has 1 fully saturated rings. The number of alkyl carbamates (subject to hydrolysis) is 1. The minimum Gasteiger partial charge on any atom is -0.445 e. The molecule has 1 N–H and O–H groups in total. The monoisotopic (exact) mass is 194 g/mol. The molecule has 0 aromatic heterocycles. The van der Waals surface area contributed by atoms with Crippen LogP contribution in [0.1, 0.15) is 6.42 Å². The molecule has 1 saturated carbocycles. The van der Waals surface area contributed by atoms with E-state index < -0.39 is 0 Å². The first-order valence-corrected chi connectivity index (χ1v) is 3.70. The summed E-state index contributed by atoms with van der Waals surface area (Å²) in [4.78, 5) is 12.7. The number of ether oxygens (including phenoxy) is 1. The van der Waals surface area contributed by atoms with Gasteiger partial charge in [0.15, 0.2) is 0 Å². The molecule has 0 saturated heterocycles. The number of nitrogens with zero attached hydrogens (tertiary/aromatic N) is 1. The minimum atomic E-state index is -0.334. The van der Waals surface area contributed by atoms with E-state index in [0.29, 0.717) is 6.04 Å². The van der Waals surface area contributed by atoms with Crippen LogP contribution in [-0.4, -0.2) is 44.3 Å². The number of likely N-dealkylation sites (N-methyl/N-ethyl adjacent to an activating group) is 1. The summed E-state index contributed by atoms with van der Waals surface area (Å²) in [6.45, 7) is 0. The van der Waals surface area contributed by atoms with Gasteiger partial charge in [-0.1, -0.05) is 0 Å². The van der Waals surface area contributed by atoms with Gasteiger partial charge in [0.2, 0.25) is 0 Å². The molecule has 0 spiro atoms. The largest absolute Gasteiger partial charge is 0.445 e. The fourth-order valence-corrected chi connectivity index (χ4v) is 1.03. The highest BCUT2D eigenvalue weighted by molar-refractivity contribution is 5.85. The Labute approximate surface area is 78.7 Å². The third-order valence-electron chi connectivity index (χ3n) is 1.83. The average Bonchev–Trinajstić information content (AvgIpc) is 2.67. The Morgan fingerprint density at radius 2 is 2.17 bits per heavy atom. The van der Waals surface area contributed by atoms with Gasteiger partial charge in [-0.25, -0.2) is 4.79 Å². The summed E-state index contributed by atoms with van der Waals surface area (Å²) >= 11 is 0. The van der Waals surface area contributed by atoms with E-state index in [1.807, 2.05) is 14.1 Å². The highest BCUT2D eigenvalue weighted by atomic mass is 35.5. The third-order valence-corrected chi connectivity index (χ3v) is 1.83. The molecule has 12 heavy (non-hydrogen) atoms. The van der Waals surface area contributed by atoms with Crippen LogP contribution in [0.25, 0.3) is 0 Å². The number of amides is 1. The zero-order chi connectivity index (χ0) is 8.43. The van der Waals surface area contributed by atoms with Crippen LogP contribution in [0.15, 0.2) is 0 Å². The summed E-state index contributed by atoms with van der Waals surface area (Å²) in [6, 6.07) is 0.423. The van der Waals surface area contributed by atoms with Gasteiger partial charge in [0.1, 0.15) is 6.10 Å². The maximum Gasteiger partial charge on any atom is 0.407 e. The topological polar surface area (TPSA) is 41.6 Å². The van der Waals surface area contributed by atoms with Crippen LogP contribution in [0, 0.1) is 0 Å². The van der Waals surface area contributed by atoms with E-state index in [-0.39, 0.29) is 24.6 Å². The predicted octanol–water partition coefficient (Wildman–Crippen LogP) is 0.467. The second kappa shape index (κ2) is 4.52. The Bertz CT molecular complexity index is 163. The lowest BCUT2D eigenvalue weighted by Gasteiger charge is -2.08. The van der Waals surface area contributed by atoms with Crippen molar-refractivity contribution < 1.29 is 9.53 Å². The molecule has 4 nitrogen and oxygen atoms in total. The Hall–Kier alpha value is -0.480. The van der Waals surface area contributed by atoms with Crippen molar-refractivity contribution in [3.8, 4) is 0 Å². The van der Waals surface area contributed by atoms with Crippen molar-refractivity contribution in [3.05, 3.63) is 0 Å². The quantitative estimate of drug-likeness (QED) is 0.695. The molecule has 0 aromatic rings. The minimum absolute atomic E-state index is 0. The molecule has 1 amide bonds. The molecule has 0 aromatic carbocycles. The van der Waals surface area contributed by atoms with Crippen LogP contribution < -0.4 is 5.32 Å². The molecule has 0 bridgehead atoms. The van der Waals surface area contributed by atoms with Gasteiger partial charge in [-0.15, -0.1) is 12.4 Å². The highest BCUT2D eigenvalue weighted by Gasteiger charge is 2.42. The first-order chi connectivity index (χ1) is 5.15. The van der Waals surface area contributed by atoms with E-state index in [1.165, 1.54) is 0 Å². The molecule has 2 atom stereocenters. The molecule has 0 radical (unpaired) electrons. The van der Waals surface area contributed by atoms with Gasteiger partial charge in [0, 0.05) is 19.5 Å². The van der Waals surface area contributed by atoms with Crippen LogP contribution in [-0.2, 0) is 4.74 Å². The van der Waals surface area contributed by atoms with Gasteiger partial charge in [-0.2, -0.15) is 0 Å². The zero-order valence-corrected chi connectivity index (χ0v) is 8.35. The van der Waals surface area contributed by atoms with Crippen molar-refractivity contribution in [3.63, 3.8) is 0 Å². The fraction of sp³-hybridized carbons (Fsp3) is 0.857. The van der Waals surface area contributed by atoms with Crippen LogP contribution in [0.3, 0.4) is 0 Å². The number of nitrogens with one attached hydrogen (secondary N) is 1. The standard InChI is InChI=1S/C7H14N2O2.ClH/c1-8-7(10)11-6-4-5(6)9(2)3;/h5-6H,4H2,1-3H3,(H,8,10);1H/t5-,6+;/m0./s1. The summed E-state index contributed by atoms with van der Waals surface area (Å²) in [6.07, 6.45) is 0.727. The molecule has 1 aliphatic rings. The maximum atomic E-state index is 10.7. The number of halogens is 1. The van der Waals surface area contributed by atoms with E-state index in [2.05, 4.69) is 10.2 Å². The molecular weight excluding hydrogens is 180 g/mol. The fourth-order valence-electron chi connectivity index (χ4n) is 1.03. The first kappa shape index (κ1) is 11.5. The molecule has 1 aliphatic carbocycles. The lowest BCUT2D eigenvalue weighted by atomic mass is 10.6. The van der Waals surface area contributed by atoms with E-state index in [4.69, 9.17) is 4.74 Å². The van der Waals surface area contributed by atoms with Crippen LogP contribution in [0.4, 0.5) is 4.79 Å². The summed E-state index contributed by atoms with van der Waals surface area (Å²) in [5.41, 5.74) is 0. The van der Waals surface area contributed by atoms with Crippen molar-refractivity contribution in [1.29, 1.82) is 0 Å². The Morgan fingerprint density at radius 1 is 1.58 bits per heavy atom. The molecule has 72 valence electrons. The lowest BCUT2D eigenvalue weighted by Crippen LogP contribution is -2.25. The molecule has 0 aliphatic heterocycles. The number of rotatable bonds is 2. The summed E-state index contributed by atoms with van der Waals surface area (Å²) in [5, 5.41) is 2.42. The number of carbonyl (C=O) groups excluding carboxylic acids is 1. The van der Waals surface area contributed by atoms with Crippen molar-refractivity contribution in [2.75, 3.05) is 21.1 Å². The molecule has 0 heterocycles. The van der Waals surface area contributed by atoms with Crippen molar-refractivity contribution >= 4 is 18.5 Å². The lowest BCUT2D eigenvalue weighted by molar-refractivity contribution is 0.130. The van der Waals surface area contributed by atoms with Gasteiger partial charge >= 0.3 is 6.09 Å². The molecule has 0 unspecified atom stereocenters. The van der Waals surface area contributed by atoms with E-state index in [1.54, 1.807) is 7.05 Å². The van der Waals surface area contributed by atoms with Gasteiger partial charge in [-0.05, 0) is 14.1 Å². The maximum absolute atomic E-state index is 10.7. The Balaban J connectivity index is 0.00000121. The van der Waals surface area contributed by atoms with Gasteiger partial charge in [0.05, 0.1) is 0 Å². The molecular formula is C7H15ClN2O2. The first-order valence-electron chi connectivity index (χ1n) is 3.70. The summed E-state index contributed by atoms with van der Waals surface area (Å²) in [5.74, 6) is 0. The zero-order valence-electron chi connectivity index (χ0n) is 7.53. The Kier molecular flexibility index (Phi) is 4.34. The second-order valence-electron chi connectivity index (χ2n) is 2.96. The molecule has 5 heteroatoms. The second-order valence-corrected chi connectivity index (χ2v) is 2.96. The van der Waals surface area contributed by atoms with E-state index in [9.17, 15) is 4.79 Å². The van der Waals surface area contributed by atoms with Gasteiger partial charge in [-0.3, -0.25) is 0 Å². The summed E-state index contributed by atoms with van der Waals surface area (Å²) in [7, 11) is 5.53. The Morgan fingerprint density at radius 3 is 2.50 bits per heavy atom. The van der Waals surface area contributed by atoms with Crippen LogP contribution in [0.2, 0.25) is 0 Å². The van der Waals surface area contributed by atoms with Crippen LogP contribution >= 0.6 is 12.4 Å². The number of hydrogen-bond donors (Lipinski definition) is 1. The smallest absolute Gasteiger partial charge is 0.407 e. The third kappa shape index (κ3) is 2.87. The van der Waals surface area contributed by atoms with Crippen molar-refractivity contribution in [2.24, 2.45) is 0 Å². The van der Waals surface area contributed by atoms with E-state index in [0.717, 1.165) is 6.42 Å². The van der Waals surface area contributed by atoms with Crippen molar-refractivity contribution in [1.82, 2.24) is 10.2 Å². The van der Waals surface area contributed by atoms with Gasteiger partial charge in [0.25, 0.3) is 0 Å². The number of carbonyl (C=O) groups is 1. The summed E-state index contributed by atoms with van der Waals surface area (Å²) < 4.78 is 4.99. The molecule has 1 rings (SSSR count). The number of hydrogen-bond acceptors (Lipinski definition) is 3. The SMILES string of the molecule is CNC(=O)O[C@@H]1C[C@@H]1N(C)C.Cl. The highest BCUT2D eigenvalue weighted by Crippen LogP contribution is 2.29. The van der Waals surface area contributed by atoms with Crippen LogP contribution in [0.5, 0.6) is 0 Å². The van der Waals surface area contributed by atoms with E-state index >= 15 is 0 Å². The van der Waals surface area contributed by atoms with Crippen molar-refractivity contribution in [2.45, 2.75) is 18.6 Å².